The number of hydrogen-bond acceptors (Lipinski definition) is 2. The summed E-state index contributed by atoms with van der Waals surface area (Å²) in [7, 11) is 1.79. The van der Waals surface area contributed by atoms with Crippen molar-refractivity contribution in [3.8, 4) is 12.3 Å². The number of amides is 2. The minimum Gasteiger partial charge on any atom is -0.327 e. The summed E-state index contributed by atoms with van der Waals surface area (Å²) in [5.74, 6) is 3.44. The maximum Gasteiger partial charge on any atom is 0.318 e. The first-order valence-electron chi connectivity index (χ1n) is 4.56. The van der Waals surface area contributed by atoms with Gasteiger partial charge in [-0.15, -0.1) is 6.42 Å². The van der Waals surface area contributed by atoms with E-state index in [1.807, 2.05) is 6.92 Å². The molecular formula is C10H18N2OS. The topological polar surface area (TPSA) is 32.3 Å². The summed E-state index contributed by atoms with van der Waals surface area (Å²) in [5.41, 5.74) is 0. The van der Waals surface area contributed by atoms with Gasteiger partial charge in [-0.3, -0.25) is 0 Å². The van der Waals surface area contributed by atoms with E-state index in [-0.39, 0.29) is 12.1 Å². The highest BCUT2D eigenvalue weighted by atomic mass is 32.2. The first-order valence-corrected chi connectivity index (χ1v) is 5.96. The van der Waals surface area contributed by atoms with Gasteiger partial charge in [0.2, 0.25) is 0 Å². The quantitative estimate of drug-likeness (QED) is 0.702. The third-order valence-corrected chi connectivity index (χ3v) is 2.71. The van der Waals surface area contributed by atoms with Gasteiger partial charge in [0.15, 0.2) is 0 Å². The summed E-state index contributed by atoms with van der Waals surface area (Å²) in [6, 6.07) is 0.150. The van der Waals surface area contributed by atoms with E-state index in [9.17, 15) is 4.79 Å². The second-order valence-electron chi connectivity index (χ2n) is 3.10. The van der Waals surface area contributed by atoms with Gasteiger partial charge in [-0.2, -0.15) is 11.8 Å². The van der Waals surface area contributed by atoms with Gasteiger partial charge in [-0.1, -0.05) is 5.92 Å². The van der Waals surface area contributed by atoms with E-state index in [1.54, 1.807) is 23.7 Å². The first-order chi connectivity index (χ1) is 6.63. The van der Waals surface area contributed by atoms with Crippen molar-refractivity contribution in [2.75, 3.05) is 25.6 Å². The highest BCUT2D eigenvalue weighted by molar-refractivity contribution is 7.98. The van der Waals surface area contributed by atoms with Crippen molar-refractivity contribution in [3.05, 3.63) is 0 Å². The molecule has 14 heavy (non-hydrogen) atoms. The third-order valence-electron chi connectivity index (χ3n) is 2.06. The van der Waals surface area contributed by atoms with Gasteiger partial charge in [0.05, 0.1) is 6.54 Å². The van der Waals surface area contributed by atoms with Crippen LogP contribution in [0.15, 0.2) is 0 Å². The largest absolute Gasteiger partial charge is 0.327 e. The molecule has 0 heterocycles. The fourth-order valence-corrected chi connectivity index (χ4v) is 1.51. The maximum absolute atomic E-state index is 11.4. The van der Waals surface area contributed by atoms with Crippen molar-refractivity contribution in [1.29, 1.82) is 0 Å². The molecule has 0 aromatic carbocycles. The van der Waals surface area contributed by atoms with Crippen LogP contribution >= 0.6 is 11.8 Å². The van der Waals surface area contributed by atoms with E-state index in [0.29, 0.717) is 6.54 Å². The standard InChI is InChI=1S/C10H18N2OS/c1-5-7-11-10(13)12(3)9(2)6-8-14-4/h1,9H,6-8H2,2-4H3,(H,11,13)/t9-/m0/s1. The number of carbonyl (C=O) groups is 1. The van der Waals surface area contributed by atoms with Crippen LogP contribution in [0.2, 0.25) is 0 Å². The van der Waals surface area contributed by atoms with Crippen LogP contribution in [0.1, 0.15) is 13.3 Å². The number of terminal acetylenes is 1. The number of nitrogens with zero attached hydrogens (tertiary/aromatic N) is 1. The van der Waals surface area contributed by atoms with E-state index < -0.39 is 0 Å². The van der Waals surface area contributed by atoms with Crippen LogP contribution in [-0.2, 0) is 0 Å². The van der Waals surface area contributed by atoms with E-state index in [2.05, 4.69) is 17.5 Å². The molecule has 1 N–H and O–H groups in total. The lowest BCUT2D eigenvalue weighted by molar-refractivity contribution is 0.194. The number of hydrogen-bond donors (Lipinski definition) is 1. The molecule has 0 aliphatic carbocycles. The van der Waals surface area contributed by atoms with Crippen molar-refractivity contribution in [2.24, 2.45) is 0 Å². The van der Waals surface area contributed by atoms with Crippen LogP contribution in [0.3, 0.4) is 0 Å². The van der Waals surface area contributed by atoms with Crippen molar-refractivity contribution in [1.82, 2.24) is 10.2 Å². The summed E-state index contributed by atoms with van der Waals surface area (Å²) in [6.45, 7) is 2.32. The Labute approximate surface area is 90.6 Å². The Balaban J connectivity index is 3.85. The van der Waals surface area contributed by atoms with Crippen LogP contribution in [0.4, 0.5) is 4.79 Å². The molecule has 0 unspecified atom stereocenters. The predicted octanol–water partition coefficient (Wildman–Crippen LogP) is 1.40. The van der Waals surface area contributed by atoms with Crippen LogP contribution in [-0.4, -0.2) is 42.6 Å². The second kappa shape index (κ2) is 7.57. The molecule has 0 saturated heterocycles. The number of carbonyl (C=O) groups excluding carboxylic acids is 1. The maximum atomic E-state index is 11.4. The van der Waals surface area contributed by atoms with E-state index >= 15 is 0 Å². The molecule has 0 aromatic rings. The van der Waals surface area contributed by atoms with Gasteiger partial charge in [0.25, 0.3) is 0 Å². The zero-order chi connectivity index (χ0) is 11.0. The van der Waals surface area contributed by atoms with Crippen molar-refractivity contribution >= 4 is 17.8 Å². The normalized spacial score (nSPS) is 11.6. The molecule has 4 heteroatoms. The molecule has 0 rings (SSSR count). The summed E-state index contributed by atoms with van der Waals surface area (Å²) in [5, 5.41) is 2.63. The first kappa shape index (κ1) is 13.2. The molecular weight excluding hydrogens is 196 g/mol. The SMILES string of the molecule is C#CCNC(=O)N(C)[C@@H](C)CCSC. The molecule has 1 atom stereocenters. The summed E-state index contributed by atoms with van der Waals surface area (Å²) in [6.07, 6.45) is 8.11. The summed E-state index contributed by atoms with van der Waals surface area (Å²) < 4.78 is 0. The van der Waals surface area contributed by atoms with E-state index in [1.165, 1.54) is 0 Å². The molecule has 3 nitrogen and oxygen atoms in total. The Morgan fingerprint density at radius 1 is 1.71 bits per heavy atom. The number of rotatable bonds is 5. The van der Waals surface area contributed by atoms with Crippen molar-refractivity contribution < 1.29 is 4.79 Å². The average molecular weight is 214 g/mol. The van der Waals surface area contributed by atoms with E-state index in [4.69, 9.17) is 6.42 Å². The molecule has 0 fully saturated rings. The van der Waals surface area contributed by atoms with Gasteiger partial charge in [-0.05, 0) is 25.4 Å². The Hall–Kier alpha value is -0.820. The van der Waals surface area contributed by atoms with Gasteiger partial charge in [0.1, 0.15) is 0 Å². The number of thioether (sulfide) groups is 1. The van der Waals surface area contributed by atoms with Crippen LogP contribution in [0.5, 0.6) is 0 Å². The van der Waals surface area contributed by atoms with Crippen molar-refractivity contribution in [2.45, 2.75) is 19.4 Å². The highest BCUT2D eigenvalue weighted by Gasteiger charge is 2.13. The fraction of sp³-hybridized carbons (Fsp3) is 0.700. The molecule has 0 radical (unpaired) electrons. The average Bonchev–Trinajstić information content (AvgIpc) is 2.21. The summed E-state index contributed by atoms with van der Waals surface area (Å²) >= 11 is 1.79. The van der Waals surface area contributed by atoms with Crippen LogP contribution in [0.25, 0.3) is 0 Å². The zero-order valence-corrected chi connectivity index (χ0v) is 9.86. The lowest BCUT2D eigenvalue weighted by Gasteiger charge is -2.24. The Kier molecular flexibility index (Phi) is 7.13. The Morgan fingerprint density at radius 3 is 2.86 bits per heavy atom. The van der Waals surface area contributed by atoms with Crippen LogP contribution in [0, 0.1) is 12.3 Å². The lowest BCUT2D eigenvalue weighted by Crippen LogP contribution is -2.42. The van der Waals surface area contributed by atoms with Crippen molar-refractivity contribution in [3.63, 3.8) is 0 Å². The second-order valence-corrected chi connectivity index (χ2v) is 4.09. The Bertz CT molecular complexity index is 213. The van der Waals surface area contributed by atoms with Gasteiger partial charge >= 0.3 is 6.03 Å². The van der Waals surface area contributed by atoms with Gasteiger partial charge in [-0.25, -0.2) is 4.79 Å². The molecule has 0 bridgehead atoms. The minimum absolute atomic E-state index is 0.100. The molecule has 80 valence electrons. The lowest BCUT2D eigenvalue weighted by atomic mass is 10.2. The third kappa shape index (κ3) is 5.03. The van der Waals surface area contributed by atoms with Crippen LogP contribution < -0.4 is 5.32 Å². The molecule has 2 amide bonds. The zero-order valence-electron chi connectivity index (χ0n) is 9.04. The smallest absolute Gasteiger partial charge is 0.318 e. The highest BCUT2D eigenvalue weighted by Crippen LogP contribution is 2.05. The molecule has 0 spiro atoms. The molecule has 0 aromatic heterocycles. The molecule has 0 saturated carbocycles. The predicted molar refractivity (Wildman–Crippen MR) is 62.5 cm³/mol. The Morgan fingerprint density at radius 2 is 2.36 bits per heavy atom. The van der Waals surface area contributed by atoms with E-state index in [0.717, 1.165) is 12.2 Å². The van der Waals surface area contributed by atoms with Gasteiger partial charge in [0, 0.05) is 13.1 Å². The monoisotopic (exact) mass is 214 g/mol. The minimum atomic E-state index is -0.100. The molecule has 0 aliphatic heterocycles. The number of urea groups is 1. The fourth-order valence-electron chi connectivity index (χ4n) is 0.934. The van der Waals surface area contributed by atoms with Gasteiger partial charge < -0.3 is 10.2 Å². The number of nitrogens with one attached hydrogen (secondary N) is 1. The molecule has 0 aliphatic rings. The summed E-state index contributed by atoms with van der Waals surface area (Å²) in [4.78, 5) is 13.1.